The topological polar surface area (TPSA) is 411 Å². The molecule has 2 aromatic carbocycles. The first-order chi connectivity index (χ1) is 40.5. The van der Waals surface area contributed by atoms with Gasteiger partial charge in [0.15, 0.2) is 0 Å². The number of thioether (sulfide) groups is 1. The van der Waals surface area contributed by atoms with Gasteiger partial charge in [-0.3, -0.25) is 72.8 Å². The van der Waals surface area contributed by atoms with E-state index in [0.29, 0.717) is 35.5 Å². The summed E-state index contributed by atoms with van der Waals surface area (Å²) in [5.74, 6) is -6.96. The lowest BCUT2D eigenvalue weighted by Gasteiger charge is -2.24. The quantitative estimate of drug-likeness (QED) is 0.0151. The fraction of sp³-hybridized carbons (Fsp3) is 0.407. The van der Waals surface area contributed by atoms with E-state index < -0.39 is 89.4 Å². The molecule has 0 bridgehead atoms. The van der Waals surface area contributed by atoms with E-state index in [-0.39, 0.29) is 108 Å². The van der Waals surface area contributed by atoms with Gasteiger partial charge in [0.2, 0.25) is 47.3 Å². The van der Waals surface area contributed by atoms with Gasteiger partial charge in [0, 0.05) is 76.0 Å². The van der Waals surface area contributed by atoms with Crippen molar-refractivity contribution in [3.8, 4) is 11.5 Å². The van der Waals surface area contributed by atoms with Crippen LogP contribution in [-0.4, -0.2) is 177 Å². The summed E-state index contributed by atoms with van der Waals surface area (Å²) < 4.78 is 23.2. The molecule has 1 aliphatic rings. The average molecular weight is 1200 g/mol. The largest absolute Gasteiger partial charge is 0.494 e. The van der Waals surface area contributed by atoms with E-state index in [1.165, 1.54) is 48.0 Å². The van der Waals surface area contributed by atoms with Crippen molar-refractivity contribution >= 4 is 105 Å². The number of aryl methyl sites for hydroxylation is 4. The van der Waals surface area contributed by atoms with Gasteiger partial charge in [0.05, 0.1) is 54.9 Å². The maximum absolute atomic E-state index is 14.0. The number of carbonyl (C=O) groups is 10. The monoisotopic (exact) mass is 1190 g/mol. The number of primary amides is 2. The van der Waals surface area contributed by atoms with Gasteiger partial charge in [-0.15, -0.1) is 11.8 Å². The number of imide groups is 1. The summed E-state index contributed by atoms with van der Waals surface area (Å²) in [5, 5.41) is 25.3. The van der Waals surface area contributed by atoms with Gasteiger partial charge in [-0.2, -0.15) is 10.2 Å². The van der Waals surface area contributed by atoms with Crippen LogP contribution in [0.2, 0.25) is 0 Å². The molecule has 31 heteroatoms. The van der Waals surface area contributed by atoms with Crippen LogP contribution in [0.4, 0.5) is 11.9 Å². The van der Waals surface area contributed by atoms with Crippen molar-refractivity contribution in [2.45, 2.75) is 96.9 Å². The lowest BCUT2D eigenvalue weighted by Crippen LogP contribution is -2.49. The number of esters is 1. The first kappa shape index (κ1) is 62.9. The molecular formula is C54H66N16O14S. The van der Waals surface area contributed by atoms with E-state index in [1.807, 2.05) is 13.8 Å². The number of benzene rings is 2. The lowest BCUT2D eigenvalue weighted by atomic mass is 10.1. The van der Waals surface area contributed by atoms with Crippen molar-refractivity contribution in [1.29, 1.82) is 0 Å². The number of rotatable bonds is 29. The normalized spacial score (nSPS) is 14.0. The maximum atomic E-state index is 14.0. The number of nitrogens with zero attached hydrogens (tertiary/aromatic N) is 10. The number of anilines is 2. The van der Waals surface area contributed by atoms with Crippen LogP contribution in [-0.2, 0) is 59.7 Å². The third-order valence-corrected chi connectivity index (χ3v) is 14.8. The third kappa shape index (κ3) is 14.8. The molecule has 85 heavy (non-hydrogen) atoms. The standard InChI is InChI=1S/C54H66N16O14S/c1-8-69-36(19-28(3)63-69)48(76)61-53-59-33-21-30(46(56)74)23-38(82-6)44(33)67(53)15-10-11-16-68-45-34(60-54(68)62-49(77)37-20-29(4)64-70(37)9-2)22-31(47(57)75)24-39(45)84-18-12-14-65(5)50(78)35(25-43(73)83-7)58-41(71)13-17-66-42(72)26-40(51(66)79)85-27-32(55)52(80)81/h10-11,19-24,32,35,40H,8-9,12-18,25-27,55H2,1-7H3,(H2,56,74)(H2,57,75)(H,58,71)(H,80,81)(H,59,61,76)(H,60,62,77)/b11-10+. The minimum Gasteiger partial charge on any atom is -0.494 e. The number of nitrogens with one attached hydrogen (secondary N) is 3. The van der Waals surface area contributed by atoms with Gasteiger partial charge >= 0.3 is 11.9 Å². The van der Waals surface area contributed by atoms with Crippen LogP contribution < -0.4 is 42.6 Å². The number of imidazole rings is 2. The van der Waals surface area contributed by atoms with Gasteiger partial charge in [-0.1, -0.05) is 12.2 Å². The number of hydrogen-bond donors (Lipinski definition) is 7. The molecule has 4 aromatic heterocycles. The van der Waals surface area contributed by atoms with E-state index in [4.69, 9.17) is 41.5 Å². The number of hydrogen-bond acceptors (Lipinski definition) is 19. The number of allylic oxidation sites excluding steroid dienone is 2. The van der Waals surface area contributed by atoms with Crippen LogP contribution in [0, 0.1) is 13.8 Å². The molecule has 10 N–H and O–H groups in total. The Balaban J connectivity index is 1.13. The molecule has 3 atom stereocenters. The zero-order chi connectivity index (χ0) is 62.0. The van der Waals surface area contributed by atoms with E-state index in [9.17, 15) is 47.9 Å². The van der Waals surface area contributed by atoms with Gasteiger partial charge in [0.1, 0.15) is 46.0 Å². The van der Waals surface area contributed by atoms with Crippen molar-refractivity contribution in [2.75, 3.05) is 57.4 Å². The highest BCUT2D eigenvalue weighted by molar-refractivity contribution is 8.00. The second-order valence-corrected chi connectivity index (χ2v) is 20.8. The molecule has 6 aromatic rings. The minimum absolute atomic E-state index is 0.00210. The van der Waals surface area contributed by atoms with Crippen molar-refractivity contribution in [3.05, 3.63) is 82.5 Å². The highest BCUT2D eigenvalue weighted by Crippen LogP contribution is 2.34. The van der Waals surface area contributed by atoms with Crippen LogP contribution in [0.25, 0.3) is 22.1 Å². The van der Waals surface area contributed by atoms with Crippen molar-refractivity contribution in [3.63, 3.8) is 0 Å². The Bertz CT molecular complexity index is 3640. The summed E-state index contributed by atoms with van der Waals surface area (Å²) in [7, 11) is 3.95. The smallest absolute Gasteiger partial charge is 0.321 e. The number of carbonyl (C=O) groups excluding carboxylic acids is 9. The van der Waals surface area contributed by atoms with E-state index in [0.717, 1.165) is 23.8 Å². The number of carboxylic acids is 1. The van der Waals surface area contributed by atoms with Gasteiger partial charge in [0.25, 0.3) is 11.8 Å². The van der Waals surface area contributed by atoms with E-state index in [1.54, 1.807) is 51.9 Å². The molecule has 30 nitrogen and oxygen atoms in total. The number of fused-ring (bicyclic) bond motifs is 2. The number of ether oxygens (including phenoxy) is 3. The summed E-state index contributed by atoms with van der Waals surface area (Å²) in [6.45, 7) is 7.58. The first-order valence-corrected chi connectivity index (χ1v) is 27.8. The first-order valence-electron chi connectivity index (χ1n) is 26.7. The fourth-order valence-electron chi connectivity index (χ4n) is 9.29. The average Bonchev–Trinajstić information content (AvgIpc) is 3.33. The molecule has 8 amide bonds. The zero-order valence-corrected chi connectivity index (χ0v) is 48.5. The molecule has 3 unspecified atom stereocenters. The molecule has 1 fully saturated rings. The molecular weight excluding hydrogens is 1130 g/mol. The number of carboxylic acid groups (broad SMARTS) is 1. The number of likely N-dealkylation sites (tertiary alicyclic amines) is 1. The molecule has 1 aliphatic heterocycles. The number of aliphatic carboxylic acids is 1. The predicted molar refractivity (Wildman–Crippen MR) is 308 cm³/mol. The Hall–Kier alpha value is -9.65. The number of nitrogens with two attached hydrogens (primary N) is 3. The molecule has 0 spiro atoms. The molecule has 452 valence electrons. The fourth-order valence-corrected chi connectivity index (χ4v) is 10.4. The minimum atomic E-state index is -1.42. The summed E-state index contributed by atoms with van der Waals surface area (Å²) in [6.07, 6.45) is 2.44. The van der Waals surface area contributed by atoms with Crippen LogP contribution in [0.15, 0.2) is 48.6 Å². The summed E-state index contributed by atoms with van der Waals surface area (Å²) in [4.78, 5) is 141. The predicted octanol–water partition coefficient (Wildman–Crippen LogP) is 1.34. The molecule has 1 saturated heterocycles. The molecule has 0 saturated carbocycles. The van der Waals surface area contributed by atoms with Crippen LogP contribution in [0.5, 0.6) is 11.5 Å². The highest BCUT2D eigenvalue weighted by Gasteiger charge is 2.40. The van der Waals surface area contributed by atoms with E-state index >= 15 is 0 Å². The molecule has 5 heterocycles. The number of methoxy groups -OCH3 is 2. The Morgan fingerprint density at radius 3 is 1.84 bits per heavy atom. The van der Waals surface area contributed by atoms with E-state index in [2.05, 4.69) is 31.1 Å². The second-order valence-electron chi connectivity index (χ2n) is 19.5. The van der Waals surface area contributed by atoms with Crippen LogP contribution in [0.1, 0.15) is 92.6 Å². The Morgan fingerprint density at radius 1 is 0.812 bits per heavy atom. The van der Waals surface area contributed by atoms with Gasteiger partial charge < -0.3 is 55.9 Å². The number of aromatic nitrogens is 8. The Labute approximate surface area is 489 Å². The van der Waals surface area contributed by atoms with Crippen molar-refractivity contribution in [1.82, 2.24) is 53.8 Å². The molecule has 7 rings (SSSR count). The van der Waals surface area contributed by atoms with Gasteiger partial charge in [-0.05, 0) is 70.5 Å². The number of amides is 8. The summed E-state index contributed by atoms with van der Waals surface area (Å²) in [5.41, 5.74) is 20.1. The van der Waals surface area contributed by atoms with Crippen LogP contribution >= 0.6 is 11.8 Å². The molecule has 0 aliphatic carbocycles. The summed E-state index contributed by atoms with van der Waals surface area (Å²) in [6, 6.07) is 6.37. The van der Waals surface area contributed by atoms with Crippen molar-refractivity contribution < 1.29 is 67.3 Å². The highest BCUT2D eigenvalue weighted by atomic mass is 32.2. The Kier molecular flexibility index (Phi) is 20.5. The maximum Gasteiger partial charge on any atom is 0.321 e. The SMILES string of the molecule is CCn1nc(C)cc1C(=O)Nc1nc2cc(C(N)=O)cc(OC)c2n1C/C=C/Cn1c(NC(=O)c2cc(C)nn2CC)nc2cc(C(N)=O)cc(OCCCN(C)C(=O)C(CC(=O)OC)NC(=O)CCN3C(=O)CC(SCC(N)C(=O)O)C3=O)c21. The van der Waals surface area contributed by atoms with Crippen molar-refractivity contribution in [2.24, 2.45) is 17.2 Å². The molecule has 0 radical (unpaired) electrons. The van der Waals surface area contributed by atoms with Crippen LogP contribution in [0.3, 0.4) is 0 Å². The zero-order valence-electron chi connectivity index (χ0n) is 47.7. The summed E-state index contributed by atoms with van der Waals surface area (Å²) >= 11 is 0.922. The second kappa shape index (κ2) is 27.6. The Morgan fingerprint density at radius 2 is 1.34 bits per heavy atom. The number of likely N-dealkylation sites (N-methyl/N-ethyl adjacent to an activating group) is 1. The third-order valence-electron chi connectivity index (χ3n) is 13.5. The van der Waals surface area contributed by atoms with Gasteiger partial charge in [-0.25, -0.2) is 9.97 Å². The lowest BCUT2D eigenvalue weighted by molar-refractivity contribution is -0.145.